The number of piperazine rings is 1. The number of nitrogens with one attached hydrogen (secondary N) is 1. The van der Waals surface area contributed by atoms with E-state index in [2.05, 4.69) is 19.9 Å². The van der Waals surface area contributed by atoms with Crippen molar-refractivity contribution in [1.29, 1.82) is 0 Å². The van der Waals surface area contributed by atoms with E-state index in [0.29, 0.717) is 50.9 Å². The van der Waals surface area contributed by atoms with Crippen LogP contribution in [0.2, 0.25) is 0 Å². The minimum atomic E-state index is -2.93. The summed E-state index contributed by atoms with van der Waals surface area (Å²) in [6, 6.07) is 4.83. The van der Waals surface area contributed by atoms with Crippen LogP contribution in [-0.4, -0.2) is 74.9 Å². The van der Waals surface area contributed by atoms with Crippen molar-refractivity contribution in [2.75, 3.05) is 46.4 Å². The monoisotopic (exact) mass is 542 g/mol. The van der Waals surface area contributed by atoms with Crippen LogP contribution in [0.5, 0.6) is 11.5 Å². The van der Waals surface area contributed by atoms with E-state index in [-0.39, 0.29) is 48.1 Å². The minimum Gasteiger partial charge on any atom is -0.493 e. The number of halogens is 3. The third kappa shape index (κ3) is 7.65. The summed E-state index contributed by atoms with van der Waals surface area (Å²) in [7, 11) is 1.39. The summed E-state index contributed by atoms with van der Waals surface area (Å²) in [4.78, 5) is 20.2. The molecule has 1 aromatic rings. The topological polar surface area (TPSA) is 75.6 Å². The number of methoxy groups -OCH3 is 1. The second-order valence-electron chi connectivity index (χ2n) is 6.21. The molecule has 30 heavy (non-hydrogen) atoms. The number of carbonyl (C=O) groups excluding carboxylic acids is 1. The largest absolute Gasteiger partial charge is 0.493 e. The summed E-state index contributed by atoms with van der Waals surface area (Å²) < 4.78 is 39.8. The SMILES string of the molecule is CCNC(=NCc1ccc(OC)c(OC(F)F)c1)N1CCN(C(=O)OCC)CC1.I. The number of amides is 1. The first-order valence-electron chi connectivity index (χ1n) is 9.55. The number of alkyl halides is 2. The van der Waals surface area contributed by atoms with Gasteiger partial charge in [-0.15, -0.1) is 24.0 Å². The van der Waals surface area contributed by atoms with Crippen molar-refractivity contribution in [2.45, 2.75) is 27.0 Å². The van der Waals surface area contributed by atoms with Gasteiger partial charge in [-0.25, -0.2) is 9.79 Å². The molecule has 0 saturated carbocycles. The third-order valence-corrected chi connectivity index (χ3v) is 4.30. The van der Waals surface area contributed by atoms with Gasteiger partial charge in [-0.3, -0.25) is 0 Å². The van der Waals surface area contributed by atoms with E-state index in [4.69, 9.17) is 9.47 Å². The van der Waals surface area contributed by atoms with Crippen LogP contribution >= 0.6 is 24.0 Å². The normalized spacial score (nSPS) is 14.3. The predicted octanol–water partition coefficient (Wildman–Crippen LogP) is 3.15. The summed E-state index contributed by atoms with van der Waals surface area (Å²) in [5, 5.41) is 3.23. The molecule has 0 atom stereocenters. The summed E-state index contributed by atoms with van der Waals surface area (Å²) in [6.07, 6.45) is -0.307. The number of rotatable bonds is 7. The molecule has 1 fully saturated rings. The Bertz CT molecular complexity index is 701. The lowest BCUT2D eigenvalue weighted by Gasteiger charge is -2.35. The molecule has 1 aliphatic heterocycles. The molecule has 0 radical (unpaired) electrons. The van der Waals surface area contributed by atoms with Crippen LogP contribution in [-0.2, 0) is 11.3 Å². The molecule has 11 heteroatoms. The Morgan fingerprint density at radius 2 is 1.83 bits per heavy atom. The highest BCUT2D eigenvalue weighted by atomic mass is 127. The number of guanidine groups is 1. The van der Waals surface area contributed by atoms with Crippen LogP contribution in [0.25, 0.3) is 0 Å². The van der Waals surface area contributed by atoms with E-state index in [0.717, 1.165) is 0 Å². The molecule has 1 N–H and O–H groups in total. The van der Waals surface area contributed by atoms with Gasteiger partial charge in [0, 0.05) is 32.7 Å². The molecule has 0 aromatic heterocycles. The Kier molecular flexibility index (Phi) is 11.5. The molecule has 8 nitrogen and oxygen atoms in total. The van der Waals surface area contributed by atoms with Gasteiger partial charge < -0.3 is 29.3 Å². The van der Waals surface area contributed by atoms with Gasteiger partial charge in [0.15, 0.2) is 17.5 Å². The fraction of sp³-hybridized carbons (Fsp3) is 0.579. The first kappa shape index (κ1) is 26.0. The lowest BCUT2D eigenvalue weighted by molar-refractivity contribution is -0.0512. The van der Waals surface area contributed by atoms with E-state index < -0.39 is 6.61 Å². The van der Waals surface area contributed by atoms with Crippen molar-refractivity contribution in [1.82, 2.24) is 15.1 Å². The van der Waals surface area contributed by atoms with Gasteiger partial charge in [0.25, 0.3) is 0 Å². The molecule has 0 aliphatic carbocycles. The maximum Gasteiger partial charge on any atom is 0.409 e. The molecular weight excluding hydrogens is 513 g/mol. The third-order valence-electron chi connectivity index (χ3n) is 4.30. The van der Waals surface area contributed by atoms with Crippen molar-refractivity contribution in [3.8, 4) is 11.5 Å². The van der Waals surface area contributed by atoms with Crippen molar-refractivity contribution in [3.63, 3.8) is 0 Å². The molecule has 1 aliphatic rings. The van der Waals surface area contributed by atoms with E-state index in [1.54, 1.807) is 24.0 Å². The van der Waals surface area contributed by atoms with Gasteiger partial charge in [0.1, 0.15) is 0 Å². The molecule has 2 rings (SSSR count). The molecule has 0 spiro atoms. The average molecular weight is 542 g/mol. The molecule has 1 heterocycles. The Morgan fingerprint density at radius 1 is 1.17 bits per heavy atom. The second-order valence-corrected chi connectivity index (χ2v) is 6.21. The zero-order valence-electron chi connectivity index (χ0n) is 17.4. The van der Waals surface area contributed by atoms with Crippen LogP contribution in [0, 0.1) is 0 Å². The van der Waals surface area contributed by atoms with Crippen LogP contribution < -0.4 is 14.8 Å². The summed E-state index contributed by atoms with van der Waals surface area (Å²) in [5.74, 6) is 0.909. The number of nitrogens with zero attached hydrogens (tertiary/aromatic N) is 3. The fourth-order valence-corrected chi connectivity index (χ4v) is 2.92. The number of aliphatic imine (C=N–C) groups is 1. The van der Waals surface area contributed by atoms with Crippen LogP contribution in [0.15, 0.2) is 23.2 Å². The summed E-state index contributed by atoms with van der Waals surface area (Å²) in [5.41, 5.74) is 0.710. The average Bonchev–Trinajstić information content (AvgIpc) is 2.71. The number of hydrogen-bond donors (Lipinski definition) is 1. The van der Waals surface area contributed by atoms with Gasteiger partial charge in [0.05, 0.1) is 20.3 Å². The van der Waals surface area contributed by atoms with E-state index in [1.165, 1.54) is 13.2 Å². The molecule has 170 valence electrons. The summed E-state index contributed by atoms with van der Waals surface area (Å²) in [6.45, 7) is 4.44. The van der Waals surface area contributed by atoms with Crippen molar-refractivity contribution >= 4 is 36.0 Å². The first-order chi connectivity index (χ1) is 14.0. The Labute approximate surface area is 192 Å². The molecular formula is C19H29F2IN4O4. The first-order valence-corrected chi connectivity index (χ1v) is 9.55. The zero-order valence-corrected chi connectivity index (χ0v) is 19.7. The van der Waals surface area contributed by atoms with Crippen LogP contribution in [0.1, 0.15) is 19.4 Å². The smallest absolute Gasteiger partial charge is 0.409 e. The molecule has 1 aromatic carbocycles. The number of benzene rings is 1. The van der Waals surface area contributed by atoms with Crippen molar-refractivity contribution in [3.05, 3.63) is 23.8 Å². The van der Waals surface area contributed by atoms with Gasteiger partial charge in [-0.05, 0) is 31.5 Å². The maximum absolute atomic E-state index is 12.6. The Hall–Kier alpha value is -2.05. The maximum atomic E-state index is 12.6. The van der Waals surface area contributed by atoms with E-state index in [1.807, 2.05) is 6.92 Å². The molecule has 0 bridgehead atoms. The second kappa shape index (κ2) is 13.3. The lowest BCUT2D eigenvalue weighted by Crippen LogP contribution is -2.53. The highest BCUT2D eigenvalue weighted by Crippen LogP contribution is 2.29. The predicted molar refractivity (Wildman–Crippen MR) is 120 cm³/mol. The highest BCUT2D eigenvalue weighted by molar-refractivity contribution is 14.0. The molecule has 1 saturated heterocycles. The van der Waals surface area contributed by atoms with Gasteiger partial charge in [-0.2, -0.15) is 8.78 Å². The fourth-order valence-electron chi connectivity index (χ4n) is 2.92. The van der Waals surface area contributed by atoms with Gasteiger partial charge in [-0.1, -0.05) is 6.07 Å². The Balaban J connectivity index is 0.00000450. The summed E-state index contributed by atoms with van der Waals surface area (Å²) >= 11 is 0. The van der Waals surface area contributed by atoms with Crippen LogP contribution in [0.3, 0.4) is 0 Å². The molecule has 1 amide bonds. The lowest BCUT2D eigenvalue weighted by atomic mass is 10.2. The number of carbonyl (C=O) groups is 1. The van der Waals surface area contributed by atoms with Crippen molar-refractivity contribution < 1.29 is 27.8 Å². The number of hydrogen-bond acceptors (Lipinski definition) is 5. The number of ether oxygens (including phenoxy) is 3. The zero-order chi connectivity index (χ0) is 21.2. The quantitative estimate of drug-likeness (QED) is 0.324. The minimum absolute atomic E-state index is 0. The van der Waals surface area contributed by atoms with Crippen LogP contribution in [0.4, 0.5) is 13.6 Å². The standard InChI is InChI=1S/C19H28F2N4O4.HI/c1-4-22-18(24-8-10-25(11-9-24)19(26)28-5-2)23-13-14-6-7-15(27-3)16(12-14)29-17(20)21;/h6-7,12,17H,4-5,8-11,13H2,1-3H3,(H,22,23);1H. The van der Waals surface area contributed by atoms with E-state index >= 15 is 0 Å². The van der Waals surface area contributed by atoms with Crippen molar-refractivity contribution in [2.24, 2.45) is 4.99 Å². The Morgan fingerprint density at radius 3 is 2.40 bits per heavy atom. The molecule has 0 unspecified atom stereocenters. The van der Waals surface area contributed by atoms with E-state index in [9.17, 15) is 13.6 Å². The van der Waals surface area contributed by atoms with Gasteiger partial charge in [0.2, 0.25) is 0 Å². The van der Waals surface area contributed by atoms with Gasteiger partial charge >= 0.3 is 12.7 Å². The highest BCUT2D eigenvalue weighted by Gasteiger charge is 2.23.